The number of hydrogen-bond donors (Lipinski definition) is 0. The van der Waals surface area contributed by atoms with Crippen molar-refractivity contribution < 1.29 is 15.2 Å². The molecule has 2 aliphatic rings. The van der Waals surface area contributed by atoms with Gasteiger partial charge in [-0.1, -0.05) is 77.0 Å². The SMILES string of the molecule is CC1(C)N([O])C(c2ccc3c(c2)C=CC(c2ccccc2)(c2ccccc2)N3[O])=[N+]([O-])C1(C)C. The topological polar surface area (TPSA) is 72.3 Å². The molecule has 2 aliphatic heterocycles. The van der Waals surface area contributed by atoms with Crippen LogP contribution in [0.1, 0.15) is 49.9 Å². The predicted molar refractivity (Wildman–Crippen MR) is 131 cm³/mol. The Kier molecular flexibility index (Phi) is 4.86. The van der Waals surface area contributed by atoms with E-state index in [1.54, 1.807) is 45.9 Å². The van der Waals surface area contributed by atoms with E-state index in [1.165, 1.54) is 0 Å². The summed E-state index contributed by atoms with van der Waals surface area (Å²) in [5, 5.41) is 42.0. The van der Waals surface area contributed by atoms with E-state index in [9.17, 15) is 15.6 Å². The summed E-state index contributed by atoms with van der Waals surface area (Å²) >= 11 is 0. The first kappa shape index (κ1) is 22.2. The van der Waals surface area contributed by atoms with Crippen LogP contribution in [-0.2, 0) is 16.0 Å². The van der Waals surface area contributed by atoms with E-state index in [2.05, 4.69) is 0 Å². The molecule has 6 nitrogen and oxygen atoms in total. The Balaban J connectivity index is 1.65. The van der Waals surface area contributed by atoms with E-state index < -0.39 is 16.6 Å². The molecule has 0 aromatic heterocycles. The largest absolute Gasteiger partial charge is 0.714 e. The van der Waals surface area contributed by atoms with Gasteiger partial charge in [-0.25, -0.2) is 5.06 Å². The third kappa shape index (κ3) is 2.85. The van der Waals surface area contributed by atoms with Gasteiger partial charge in [0.05, 0.1) is 11.3 Å². The molecule has 6 heteroatoms. The van der Waals surface area contributed by atoms with Gasteiger partial charge in [0.2, 0.25) is 0 Å². The van der Waals surface area contributed by atoms with Crippen molar-refractivity contribution in [3.63, 3.8) is 0 Å². The summed E-state index contributed by atoms with van der Waals surface area (Å²) in [6.45, 7) is 7.07. The Bertz CT molecular complexity index is 1260. The second-order valence-corrected chi connectivity index (χ2v) is 9.93. The van der Waals surface area contributed by atoms with Crippen LogP contribution in [-0.4, -0.2) is 26.7 Å². The minimum Gasteiger partial charge on any atom is -0.714 e. The highest BCUT2D eigenvalue weighted by molar-refractivity contribution is 5.97. The molecule has 0 saturated carbocycles. The van der Waals surface area contributed by atoms with Crippen molar-refractivity contribution in [3.05, 3.63) is 112 Å². The van der Waals surface area contributed by atoms with E-state index in [0.29, 0.717) is 16.8 Å². The summed E-state index contributed by atoms with van der Waals surface area (Å²) in [4.78, 5) is 0. The maximum Gasteiger partial charge on any atom is 0.316 e. The van der Waals surface area contributed by atoms with E-state index in [4.69, 9.17) is 0 Å². The molecule has 0 fully saturated rings. The van der Waals surface area contributed by atoms with Crippen LogP contribution >= 0.6 is 0 Å². The Morgan fingerprint density at radius 1 is 0.765 bits per heavy atom. The summed E-state index contributed by atoms with van der Waals surface area (Å²) in [5.41, 5.74) is 0.493. The molecule has 172 valence electrons. The summed E-state index contributed by atoms with van der Waals surface area (Å²) in [6.07, 6.45) is 3.80. The van der Waals surface area contributed by atoms with Crippen LogP contribution in [0.25, 0.3) is 6.08 Å². The van der Waals surface area contributed by atoms with E-state index in [0.717, 1.165) is 26.0 Å². The number of hydrogen-bond acceptors (Lipinski definition) is 3. The van der Waals surface area contributed by atoms with Crippen molar-refractivity contribution in [3.8, 4) is 0 Å². The first-order valence-corrected chi connectivity index (χ1v) is 11.4. The molecule has 34 heavy (non-hydrogen) atoms. The molecule has 0 saturated heterocycles. The fourth-order valence-corrected chi connectivity index (χ4v) is 4.80. The van der Waals surface area contributed by atoms with Gasteiger partial charge in [-0.3, -0.25) is 4.74 Å². The standard InChI is InChI=1S/C28H27N3O3/c1-26(2)27(3,4)31(34)25(30(26)33)21-15-16-24-20(19-21)17-18-28(29(24)32,22-11-7-5-8-12-22)23-13-9-6-10-14-23/h5-19H,1-4H3. The second kappa shape index (κ2) is 7.45. The molecule has 3 aromatic carbocycles. The van der Waals surface area contributed by atoms with Crippen LogP contribution in [0.15, 0.2) is 84.9 Å². The highest BCUT2D eigenvalue weighted by Crippen LogP contribution is 2.45. The van der Waals surface area contributed by atoms with Crippen molar-refractivity contribution in [1.82, 2.24) is 5.06 Å². The van der Waals surface area contributed by atoms with Gasteiger partial charge in [0.25, 0.3) is 0 Å². The van der Waals surface area contributed by atoms with Gasteiger partial charge < -0.3 is 5.21 Å². The summed E-state index contributed by atoms with van der Waals surface area (Å²) in [6, 6.07) is 24.5. The first-order chi connectivity index (χ1) is 16.1. The number of nitrogens with zero attached hydrogens (tertiary/aromatic N) is 3. The molecule has 0 N–H and O–H groups in total. The average molecular weight is 454 g/mol. The monoisotopic (exact) mass is 453 g/mol. The molecular formula is C28H27N3O3. The van der Waals surface area contributed by atoms with Crippen LogP contribution in [0.5, 0.6) is 0 Å². The molecule has 0 atom stereocenters. The number of rotatable bonds is 3. The summed E-state index contributed by atoms with van der Waals surface area (Å²) in [5.74, 6) is 0.0617. The predicted octanol–water partition coefficient (Wildman–Crippen LogP) is 5.28. The van der Waals surface area contributed by atoms with Crippen LogP contribution in [0.3, 0.4) is 0 Å². The molecule has 0 bridgehead atoms. The Hall–Kier alpha value is -3.61. The number of hydroxylamine groups is 4. The lowest BCUT2D eigenvalue weighted by atomic mass is 9.79. The van der Waals surface area contributed by atoms with Gasteiger partial charge >= 0.3 is 5.84 Å². The summed E-state index contributed by atoms with van der Waals surface area (Å²) < 4.78 is 0.793. The van der Waals surface area contributed by atoms with Gasteiger partial charge in [0.1, 0.15) is 11.1 Å². The number of anilines is 1. The molecule has 3 aromatic rings. The highest BCUT2D eigenvalue weighted by Gasteiger charge is 2.60. The van der Waals surface area contributed by atoms with Gasteiger partial charge in [-0.05, 0) is 63.1 Å². The third-order valence-electron chi connectivity index (χ3n) is 7.65. The quantitative estimate of drug-likeness (QED) is 0.400. The fraction of sp³-hybridized carbons (Fsp3) is 0.250. The molecule has 2 radical (unpaired) electrons. The first-order valence-electron chi connectivity index (χ1n) is 11.4. The smallest absolute Gasteiger partial charge is 0.316 e. The van der Waals surface area contributed by atoms with Crippen LogP contribution in [0, 0.1) is 5.21 Å². The lowest BCUT2D eigenvalue weighted by Crippen LogP contribution is -2.53. The van der Waals surface area contributed by atoms with E-state index in [1.807, 2.05) is 72.8 Å². The normalized spacial score (nSPS) is 19.9. The zero-order chi connectivity index (χ0) is 24.3. The lowest BCUT2D eigenvalue weighted by molar-refractivity contribution is -0.539. The van der Waals surface area contributed by atoms with Crippen LogP contribution < -0.4 is 5.06 Å². The maximum atomic E-state index is 14.0. The van der Waals surface area contributed by atoms with Gasteiger partial charge in [0, 0.05) is 10.8 Å². The minimum absolute atomic E-state index is 0.0617. The van der Waals surface area contributed by atoms with Crippen LogP contribution in [0.2, 0.25) is 0 Å². The second-order valence-electron chi connectivity index (χ2n) is 9.93. The van der Waals surface area contributed by atoms with Gasteiger partial charge in [-0.2, -0.15) is 0 Å². The van der Waals surface area contributed by atoms with Crippen molar-refractivity contribution in [2.75, 3.05) is 5.06 Å². The number of amidine groups is 1. The molecule has 0 unspecified atom stereocenters. The molecule has 5 rings (SSSR count). The number of fused-ring (bicyclic) bond motifs is 1. The molecular weight excluding hydrogens is 426 g/mol. The maximum absolute atomic E-state index is 14.0. The summed E-state index contributed by atoms with van der Waals surface area (Å²) in [7, 11) is 0. The Labute approximate surface area is 199 Å². The molecule has 0 spiro atoms. The molecule has 2 heterocycles. The van der Waals surface area contributed by atoms with Crippen molar-refractivity contribution in [2.45, 2.75) is 44.3 Å². The molecule has 0 aliphatic carbocycles. The Morgan fingerprint density at radius 2 is 1.32 bits per heavy atom. The van der Waals surface area contributed by atoms with Crippen molar-refractivity contribution >= 4 is 17.6 Å². The third-order valence-corrected chi connectivity index (χ3v) is 7.65. The van der Waals surface area contributed by atoms with Crippen LogP contribution in [0.4, 0.5) is 5.69 Å². The van der Waals surface area contributed by atoms with E-state index >= 15 is 0 Å². The zero-order valence-electron chi connectivity index (χ0n) is 19.7. The Morgan fingerprint density at radius 3 is 1.82 bits per heavy atom. The lowest BCUT2D eigenvalue weighted by Gasteiger charge is -2.41. The minimum atomic E-state index is -1.03. The zero-order valence-corrected chi connectivity index (χ0v) is 19.7. The fourth-order valence-electron chi connectivity index (χ4n) is 4.80. The molecule has 0 amide bonds. The van der Waals surface area contributed by atoms with E-state index in [-0.39, 0.29) is 5.84 Å². The highest BCUT2D eigenvalue weighted by atomic mass is 16.5. The van der Waals surface area contributed by atoms with Crippen molar-refractivity contribution in [1.29, 1.82) is 0 Å². The van der Waals surface area contributed by atoms with Gasteiger partial charge in [-0.15, -0.1) is 0 Å². The van der Waals surface area contributed by atoms with Gasteiger partial charge in [0.15, 0.2) is 5.54 Å². The average Bonchev–Trinajstić information content (AvgIpc) is 2.96. The number of benzene rings is 3. The van der Waals surface area contributed by atoms with Crippen molar-refractivity contribution in [2.24, 2.45) is 0 Å².